The van der Waals surface area contributed by atoms with Crippen LogP contribution >= 0.6 is 0 Å². The van der Waals surface area contributed by atoms with Crippen LogP contribution < -0.4 is 0 Å². The van der Waals surface area contributed by atoms with Crippen molar-refractivity contribution in [2.45, 2.75) is 166 Å². The van der Waals surface area contributed by atoms with E-state index in [1.165, 1.54) is 116 Å². The first-order valence-corrected chi connectivity index (χ1v) is 14.5. The first-order valence-electron chi connectivity index (χ1n) is 14.5. The highest BCUT2D eigenvalue weighted by atomic mass is 16.7. The summed E-state index contributed by atoms with van der Waals surface area (Å²) in [6, 6.07) is 0. The molecule has 0 amide bonds. The molecule has 5 atom stereocenters. The van der Waals surface area contributed by atoms with Crippen LogP contribution in [0.15, 0.2) is 0 Å². The maximum atomic E-state index is 9.94. The van der Waals surface area contributed by atoms with Gasteiger partial charge in [0.05, 0.1) is 6.61 Å². The summed E-state index contributed by atoms with van der Waals surface area (Å²) in [6.07, 6.45) is 20.8. The molecule has 1 rings (SSSR count). The Balaban J connectivity index is 1.79. The van der Waals surface area contributed by atoms with Crippen LogP contribution in [0.4, 0.5) is 0 Å². The quantitative estimate of drug-likeness (QED) is 0.139. The van der Waals surface area contributed by atoms with Crippen molar-refractivity contribution in [1.82, 2.24) is 0 Å². The fourth-order valence-electron chi connectivity index (χ4n) is 4.76. The van der Waals surface area contributed by atoms with Gasteiger partial charge in [-0.2, -0.15) is 0 Å². The number of unbranched alkanes of at least 4 members (excludes halogenated alkanes) is 19. The molecule has 0 saturated carbocycles. The summed E-state index contributed by atoms with van der Waals surface area (Å²) in [5.74, 6) is 0. The molecular formula is C28H56O6. The zero-order chi connectivity index (χ0) is 24.9. The van der Waals surface area contributed by atoms with Crippen molar-refractivity contribution in [2.75, 3.05) is 13.2 Å². The van der Waals surface area contributed by atoms with Crippen molar-refractivity contribution in [1.29, 1.82) is 0 Å². The molecule has 0 aromatic carbocycles. The van der Waals surface area contributed by atoms with Crippen molar-refractivity contribution in [3.8, 4) is 0 Å². The van der Waals surface area contributed by atoms with E-state index in [2.05, 4.69) is 6.92 Å². The van der Waals surface area contributed by atoms with Gasteiger partial charge in [-0.05, 0) is 6.42 Å². The lowest BCUT2D eigenvalue weighted by atomic mass is 9.99. The second kappa shape index (κ2) is 22.0. The molecule has 1 aliphatic rings. The molecule has 0 spiro atoms. The van der Waals surface area contributed by atoms with Crippen LogP contribution in [0.2, 0.25) is 0 Å². The Morgan fingerprint density at radius 1 is 0.529 bits per heavy atom. The van der Waals surface area contributed by atoms with E-state index in [4.69, 9.17) is 9.47 Å². The standard InChI is InChI=1S/C28H56O6/c1-2-3-4-5-6-7-8-9-10-11-12-13-14-15-16-17-18-19-20-21-22-33-28-27(32)26(31)25(30)24(23-29)34-28/h24-32H,2-23H2,1H3/t24-,25-,26+,27-,28-/m0/s1. The molecule has 1 heterocycles. The maximum absolute atomic E-state index is 9.94. The fourth-order valence-corrected chi connectivity index (χ4v) is 4.76. The van der Waals surface area contributed by atoms with Crippen LogP contribution in [0.3, 0.4) is 0 Å². The summed E-state index contributed by atoms with van der Waals surface area (Å²) < 4.78 is 10.9. The van der Waals surface area contributed by atoms with E-state index in [1.54, 1.807) is 0 Å². The highest BCUT2D eigenvalue weighted by Gasteiger charge is 2.43. The molecule has 0 aromatic rings. The van der Waals surface area contributed by atoms with Gasteiger partial charge in [-0.3, -0.25) is 0 Å². The molecule has 4 N–H and O–H groups in total. The van der Waals surface area contributed by atoms with Crippen molar-refractivity contribution < 1.29 is 29.9 Å². The summed E-state index contributed by atoms with van der Waals surface area (Å²) in [7, 11) is 0. The van der Waals surface area contributed by atoms with Crippen molar-refractivity contribution >= 4 is 0 Å². The van der Waals surface area contributed by atoms with E-state index in [0.717, 1.165) is 12.8 Å². The van der Waals surface area contributed by atoms with Crippen molar-refractivity contribution in [3.63, 3.8) is 0 Å². The minimum absolute atomic E-state index is 0.426. The number of aliphatic hydroxyl groups is 4. The normalized spacial score (nSPS) is 25.1. The molecule has 0 aromatic heterocycles. The predicted octanol–water partition coefficient (Wildman–Crippen LogP) is 5.62. The van der Waals surface area contributed by atoms with Crippen LogP contribution in [0.5, 0.6) is 0 Å². The Kier molecular flexibility index (Phi) is 20.6. The van der Waals surface area contributed by atoms with E-state index in [9.17, 15) is 20.4 Å². The highest BCUT2D eigenvalue weighted by Crippen LogP contribution is 2.22. The van der Waals surface area contributed by atoms with E-state index >= 15 is 0 Å². The monoisotopic (exact) mass is 488 g/mol. The van der Waals surface area contributed by atoms with Crippen LogP contribution in [0, 0.1) is 0 Å². The third-order valence-corrected chi connectivity index (χ3v) is 7.13. The molecule has 6 heteroatoms. The third-order valence-electron chi connectivity index (χ3n) is 7.13. The first-order chi connectivity index (χ1) is 16.6. The molecule has 0 bridgehead atoms. The Labute approximate surface area is 209 Å². The molecule has 34 heavy (non-hydrogen) atoms. The number of hydrogen-bond donors (Lipinski definition) is 4. The van der Waals surface area contributed by atoms with Crippen LogP contribution in [-0.2, 0) is 9.47 Å². The third kappa shape index (κ3) is 15.0. The summed E-state index contributed by atoms with van der Waals surface area (Å²) in [5.41, 5.74) is 0. The second-order valence-corrected chi connectivity index (χ2v) is 10.3. The van der Waals surface area contributed by atoms with Crippen molar-refractivity contribution in [3.05, 3.63) is 0 Å². The Morgan fingerprint density at radius 2 is 0.912 bits per heavy atom. The number of rotatable bonds is 23. The lowest BCUT2D eigenvalue weighted by molar-refractivity contribution is -0.301. The minimum atomic E-state index is -1.37. The molecule has 1 fully saturated rings. The van der Waals surface area contributed by atoms with Gasteiger partial charge in [-0.15, -0.1) is 0 Å². The van der Waals surface area contributed by atoms with Gasteiger partial charge in [0.2, 0.25) is 0 Å². The summed E-state index contributed by atoms with van der Waals surface area (Å²) in [4.78, 5) is 0. The van der Waals surface area contributed by atoms with Crippen LogP contribution in [-0.4, -0.2) is 64.3 Å². The summed E-state index contributed by atoms with van der Waals surface area (Å²) in [6.45, 7) is 2.28. The van der Waals surface area contributed by atoms with Crippen molar-refractivity contribution in [2.24, 2.45) is 0 Å². The molecule has 0 unspecified atom stereocenters. The average molecular weight is 489 g/mol. The van der Waals surface area contributed by atoms with Crippen LogP contribution in [0.25, 0.3) is 0 Å². The van der Waals surface area contributed by atoms with E-state index in [-0.39, 0.29) is 0 Å². The van der Waals surface area contributed by atoms with Gasteiger partial charge in [-0.1, -0.05) is 129 Å². The Bertz CT molecular complexity index is 433. The van der Waals surface area contributed by atoms with E-state index < -0.39 is 37.3 Å². The predicted molar refractivity (Wildman–Crippen MR) is 138 cm³/mol. The maximum Gasteiger partial charge on any atom is 0.186 e. The molecule has 0 aliphatic carbocycles. The average Bonchev–Trinajstić information content (AvgIpc) is 2.84. The Hall–Kier alpha value is -0.240. The smallest absolute Gasteiger partial charge is 0.186 e. The molecule has 6 nitrogen and oxygen atoms in total. The summed E-state index contributed by atoms with van der Waals surface area (Å²) >= 11 is 0. The van der Waals surface area contributed by atoms with E-state index in [1.807, 2.05) is 0 Å². The molecule has 1 saturated heterocycles. The molecule has 0 radical (unpaired) electrons. The van der Waals surface area contributed by atoms with Gasteiger partial charge < -0.3 is 29.9 Å². The number of hydrogen-bond acceptors (Lipinski definition) is 6. The zero-order valence-corrected chi connectivity index (χ0v) is 22.0. The highest BCUT2D eigenvalue weighted by molar-refractivity contribution is 4.88. The topological polar surface area (TPSA) is 99.4 Å². The summed E-state index contributed by atoms with van der Waals surface area (Å²) in [5, 5.41) is 38.7. The zero-order valence-electron chi connectivity index (χ0n) is 22.0. The van der Waals surface area contributed by atoms with Gasteiger partial charge in [0, 0.05) is 6.61 Å². The van der Waals surface area contributed by atoms with Gasteiger partial charge >= 0.3 is 0 Å². The molecular weight excluding hydrogens is 432 g/mol. The van der Waals surface area contributed by atoms with E-state index in [0.29, 0.717) is 6.61 Å². The lowest BCUT2D eigenvalue weighted by Crippen LogP contribution is -2.59. The van der Waals surface area contributed by atoms with Gasteiger partial charge in [-0.25, -0.2) is 0 Å². The van der Waals surface area contributed by atoms with Gasteiger partial charge in [0.15, 0.2) is 6.29 Å². The lowest BCUT2D eigenvalue weighted by Gasteiger charge is -2.39. The number of aliphatic hydroxyl groups excluding tert-OH is 4. The largest absolute Gasteiger partial charge is 0.394 e. The number of ether oxygens (including phenoxy) is 2. The SMILES string of the molecule is CCCCCCCCCCCCCCCCCCCCCCO[C@H]1O[C@@H](CO)[C@H](O)[C@@H](O)[C@@H]1O. The molecule has 204 valence electrons. The fraction of sp³-hybridized carbons (Fsp3) is 1.00. The van der Waals surface area contributed by atoms with Gasteiger partial charge in [0.25, 0.3) is 0 Å². The Morgan fingerprint density at radius 3 is 1.29 bits per heavy atom. The first kappa shape index (κ1) is 31.8. The van der Waals surface area contributed by atoms with Crippen LogP contribution in [0.1, 0.15) is 135 Å². The minimum Gasteiger partial charge on any atom is -0.394 e. The molecule has 1 aliphatic heterocycles. The van der Waals surface area contributed by atoms with Gasteiger partial charge in [0.1, 0.15) is 24.4 Å². The second-order valence-electron chi connectivity index (χ2n) is 10.3.